The molecule has 2 heterocycles. The summed E-state index contributed by atoms with van der Waals surface area (Å²) in [6.45, 7) is 5.05. The van der Waals surface area contributed by atoms with Crippen molar-refractivity contribution in [1.82, 2.24) is 15.1 Å². The van der Waals surface area contributed by atoms with Crippen LogP contribution in [0.2, 0.25) is 0 Å². The topological polar surface area (TPSA) is 44.8 Å². The van der Waals surface area contributed by atoms with E-state index in [1.807, 2.05) is 17.0 Å². The summed E-state index contributed by atoms with van der Waals surface area (Å²) < 4.78 is 19.3. The molecule has 1 aromatic carbocycles. The highest BCUT2D eigenvalue weighted by atomic mass is 19.1. The lowest BCUT2D eigenvalue weighted by atomic mass is 10.2. The average Bonchev–Trinajstić information content (AvgIpc) is 3.00. The molecule has 0 aromatic heterocycles. The number of nitrogens with zero attached hydrogens (tertiary/aromatic N) is 2. The van der Waals surface area contributed by atoms with E-state index < -0.39 is 0 Å². The summed E-state index contributed by atoms with van der Waals surface area (Å²) >= 11 is 0. The van der Waals surface area contributed by atoms with Crippen molar-refractivity contribution in [3.63, 3.8) is 0 Å². The summed E-state index contributed by atoms with van der Waals surface area (Å²) in [5, 5.41) is 2.98. The normalized spacial score (nSPS) is 22.4. The minimum Gasteiger partial charge on any atom is -0.376 e. The minimum absolute atomic E-state index is 0.0155. The Balaban J connectivity index is 1.45. The van der Waals surface area contributed by atoms with Crippen LogP contribution in [0.4, 0.5) is 9.18 Å². The molecule has 24 heavy (non-hydrogen) atoms. The number of carbonyl (C=O) groups excluding carboxylic acids is 1. The molecule has 1 aromatic rings. The number of hydrogen-bond acceptors (Lipinski definition) is 3. The van der Waals surface area contributed by atoms with Gasteiger partial charge < -0.3 is 15.0 Å². The second-order valence-electron chi connectivity index (χ2n) is 6.53. The lowest BCUT2D eigenvalue weighted by molar-refractivity contribution is 0.109. The van der Waals surface area contributed by atoms with Crippen LogP contribution in [0.15, 0.2) is 24.3 Å². The van der Waals surface area contributed by atoms with Gasteiger partial charge in [-0.25, -0.2) is 9.18 Å². The van der Waals surface area contributed by atoms with E-state index in [9.17, 15) is 9.18 Å². The maximum Gasteiger partial charge on any atom is 0.317 e. The molecule has 0 aliphatic carbocycles. The third-order valence-corrected chi connectivity index (χ3v) is 4.73. The Bertz CT molecular complexity index is 549. The van der Waals surface area contributed by atoms with Crippen LogP contribution < -0.4 is 5.32 Å². The highest BCUT2D eigenvalue weighted by Gasteiger charge is 2.21. The van der Waals surface area contributed by atoms with Gasteiger partial charge in [0, 0.05) is 51.4 Å². The van der Waals surface area contributed by atoms with Crippen molar-refractivity contribution < 1.29 is 13.9 Å². The van der Waals surface area contributed by atoms with Gasteiger partial charge in [-0.3, -0.25) is 4.90 Å². The summed E-state index contributed by atoms with van der Waals surface area (Å²) in [6, 6.07) is 6.88. The van der Waals surface area contributed by atoms with Crippen molar-refractivity contribution in [2.24, 2.45) is 0 Å². The van der Waals surface area contributed by atoms with Crippen LogP contribution in [0.25, 0.3) is 0 Å². The maximum atomic E-state index is 13.8. The van der Waals surface area contributed by atoms with E-state index in [2.05, 4.69) is 10.2 Å². The smallest absolute Gasteiger partial charge is 0.317 e. The monoisotopic (exact) mass is 335 g/mol. The zero-order valence-corrected chi connectivity index (χ0v) is 14.0. The van der Waals surface area contributed by atoms with E-state index in [0.29, 0.717) is 25.2 Å². The summed E-state index contributed by atoms with van der Waals surface area (Å²) in [7, 11) is 0. The molecular formula is C18H26FN3O2. The molecule has 1 unspecified atom stereocenters. The number of carbonyl (C=O) groups is 1. The Morgan fingerprint density at radius 2 is 2.08 bits per heavy atom. The van der Waals surface area contributed by atoms with Crippen LogP contribution in [0.3, 0.4) is 0 Å². The SMILES string of the molecule is O=C(NCC1CCCO1)N1CCCN(Cc2ccccc2F)CC1. The lowest BCUT2D eigenvalue weighted by Gasteiger charge is -2.23. The first kappa shape index (κ1) is 17.2. The Morgan fingerprint density at radius 1 is 1.21 bits per heavy atom. The van der Waals surface area contributed by atoms with Crippen molar-refractivity contribution in [1.29, 1.82) is 0 Å². The molecule has 0 bridgehead atoms. The van der Waals surface area contributed by atoms with E-state index in [-0.39, 0.29) is 18.0 Å². The molecule has 0 spiro atoms. The predicted molar refractivity (Wildman–Crippen MR) is 90.2 cm³/mol. The summed E-state index contributed by atoms with van der Waals surface area (Å²) in [4.78, 5) is 16.4. The van der Waals surface area contributed by atoms with Crippen LogP contribution in [-0.2, 0) is 11.3 Å². The van der Waals surface area contributed by atoms with Gasteiger partial charge in [0.15, 0.2) is 0 Å². The van der Waals surface area contributed by atoms with Crippen molar-refractivity contribution in [2.45, 2.75) is 31.9 Å². The maximum absolute atomic E-state index is 13.8. The quantitative estimate of drug-likeness (QED) is 0.918. The van der Waals surface area contributed by atoms with Crippen LogP contribution in [0, 0.1) is 5.82 Å². The van der Waals surface area contributed by atoms with Crippen molar-refractivity contribution in [2.75, 3.05) is 39.3 Å². The van der Waals surface area contributed by atoms with Crippen LogP contribution >= 0.6 is 0 Å². The number of urea groups is 1. The molecule has 2 fully saturated rings. The first-order chi connectivity index (χ1) is 11.7. The van der Waals surface area contributed by atoms with Crippen molar-refractivity contribution in [3.05, 3.63) is 35.6 Å². The summed E-state index contributed by atoms with van der Waals surface area (Å²) in [6.07, 6.45) is 3.17. The first-order valence-electron chi connectivity index (χ1n) is 8.82. The third kappa shape index (κ3) is 4.68. The van der Waals surface area contributed by atoms with E-state index in [4.69, 9.17) is 4.74 Å². The average molecular weight is 335 g/mol. The standard InChI is InChI=1S/C18H26FN3O2/c19-17-7-2-1-5-15(17)14-21-8-4-9-22(11-10-21)18(23)20-13-16-6-3-12-24-16/h1-2,5,7,16H,3-4,6,8-14H2,(H,20,23). The van der Waals surface area contributed by atoms with Gasteiger partial charge in [0.2, 0.25) is 0 Å². The number of nitrogens with one attached hydrogen (secondary N) is 1. The van der Waals surface area contributed by atoms with Crippen LogP contribution in [0.1, 0.15) is 24.8 Å². The first-order valence-corrected chi connectivity index (χ1v) is 8.82. The van der Waals surface area contributed by atoms with Gasteiger partial charge in [-0.1, -0.05) is 18.2 Å². The lowest BCUT2D eigenvalue weighted by Crippen LogP contribution is -2.44. The highest BCUT2D eigenvalue weighted by Crippen LogP contribution is 2.13. The molecule has 132 valence electrons. The molecule has 0 saturated carbocycles. The van der Waals surface area contributed by atoms with Gasteiger partial charge in [0.1, 0.15) is 5.82 Å². The van der Waals surface area contributed by atoms with Gasteiger partial charge in [-0.05, 0) is 25.3 Å². The largest absolute Gasteiger partial charge is 0.376 e. The molecule has 1 N–H and O–H groups in total. The fourth-order valence-corrected chi connectivity index (χ4v) is 3.32. The molecule has 2 saturated heterocycles. The molecular weight excluding hydrogens is 309 g/mol. The minimum atomic E-state index is -0.159. The van der Waals surface area contributed by atoms with Gasteiger partial charge >= 0.3 is 6.03 Å². The number of benzene rings is 1. The number of halogens is 1. The van der Waals surface area contributed by atoms with Gasteiger partial charge in [0.05, 0.1) is 6.10 Å². The molecule has 2 amide bonds. The predicted octanol–water partition coefficient (Wildman–Crippen LogP) is 2.22. The van der Waals surface area contributed by atoms with Crippen LogP contribution in [0.5, 0.6) is 0 Å². The zero-order chi connectivity index (χ0) is 16.8. The number of hydrogen-bond donors (Lipinski definition) is 1. The fourth-order valence-electron chi connectivity index (χ4n) is 3.32. The van der Waals surface area contributed by atoms with E-state index in [0.717, 1.165) is 45.5 Å². The second-order valence-corrected chi connectivity index (χ2v) is 6.53. The molecule has 2 aliphatic rings. The van der Waals surface area contributed by atoms with E-state index >= 15 is 0 Å². The Labute approximate surface area is 142 Å². The number of ether oxygens (including phenoxy) is 1. The number of rotatable bonds is 4. The Kier molecular flexibility index (Phi) is 6.04. The molecule has 5 nitrogen and oxygen atoms in total. The van der Waals surface area contributed by atoms with E-state index in [1.165, 1.54) is 6.07 Å². The third-order valence-electron chi connectivity index (χ3n) is 4.73. The van der Waals surface area contributed by atoms with E-state index in [1.54, 1.807) is 6.07 Å². The van der Waals surface area contributed by atoms with Gasteiger partial charge in [-0.15, -0.1) is 0 Å². The molecule has 3 rings (SSSR count). The molecule has 2 aliphatic heterocycles. The summed E-state index contributed by atoms with van der Waals surface area (Å²) in [5.41, 5.74) is 0.716. The van der Waals surface area contributed by atoms with Gasteiger partial charge in [-0.2, -0.15) is 0 Å². The summed E-state index contributed by atoms with van der Waals surface area (Å²) in [5.74, 6) is -0.159. The Hall–Kier alpha value is -1.66. The molecule has 1 atom stereocenters. The number of amides is 2. The van der Waals surface area contributed by atoms with Crippen LogP contribution in [-0.4, -0.2) is 61.3 Å². The zero-order valence-electron chi connectivity index (χ0n) is 14.0. The molecule has 0 radical (unpaired) electrons. The Morgan fingerprint density at radius 3 is 2.88 bits per heavy atom. The van der Waals surface area contributed by atoms with Crippen molar-refractivity contribution >= 4 is 6.03 Å². The molecule has 6 heteroatoms. The van der Waals surface area contributed by atoms with Gasteiger partial charge in [0.25, 0.3) is 0 Å². The second kappa shape index (κ2) is 8.44. The van der Waals surface area contributed by atoms with Crippen molar-refractivity contribution in [3.8, 4) is 0 Å². The fraction of sp³-hybridized carbons (Fsp3) is 0.611. The highest BCUT2D eigenvalue weighted by molar-refractivity contribution is 5.74.